The van der Waals surface area contributed by atoms with Crippen LogP contribution in [0.4, 0.5) is 9.52 Å². The molecule has 4 rings (SSSR count). The Kier molecular flexibility index (Phi) is 5.31. The molecule has 0 aliphatic heterocycles. The highest BCUT2D eigenvalue weighted by Gasteiger charge is 2.21. The number of carbonyl (C=O) groups is 1. The normalized spacial score (nSPS) is 11.1. The average molecular weight is 405 g/mol. The molecule has 0 saturated heterocycles. The van der Waals surface area contributed by atoms with Gasteiger partial charge in [0.15, 0.2) is 0 Å². The van der Waals surface area contributed by atoms with E-state index in [4.69, 9.17) is 4.74 Å². The number of carbonyl (C=O) groups excluding carboxylic acids is 1. The Hall–Kier alpha value is -3.58. The number of benzene rings is 3. The van der Waals surface area contributed by atoms with Gasteiger partial charge in [-0.3, -0.25) is 4.79 Å². The highest BCUT2D eigenvalue weighted by atomic mass is 32.1. The molecule has 0 fully saturated rings. The van der Waals surface area contributed by atoms with Gasteiger partial charge in [0.1, 0.15) is 11.6 Å². The Morgan fingerprint density at radius 3 is 2.59 bits per heavy atom. The summed E-state index contributed by atoms with van der Waals surface area (Å²) in [6.07, 6.45) is 1.51. The first-order chi connectivity index (χ1) is 14.1. The molecule has 1 amide bonds. The Bertz CT molecular complexity index is 1170. The van der Waals surface area contributed by atoms with E-state index in [0.29, 0.717) is 22.0 Å². The SMILES string of the molecule is COc1ccc2nc(N(/N=C/c3ccc(F)cc3)C(=O)c3ccccc3)sc2c1. The summed E-state index contributed by atoms with van der Waals surface area (Å²) in [7, 11) is 1.60. The maximum Gasteiger partial charge on any atom is 0.280 e. The maximum absolute atomic E-state index is 13.2. The standard InChI is InChI=1S/C22H16FN3O2S/c1-28-18-11-12-19-20(13-18)29-22(25-19)26(21(27)16-5-3-2-4-6-16)24-14-15-7-9-17(23)10-8-15/h2-14H,1H3/b24-14+. The fourth-order valence-corrected chi connectivity index (χ4v) is 3.63. The van der Waals surface area contributed by atoms with Crippen molar-refractivity contribution in [3.63, 3.8) is 0 Å². The summed E-state index contributed by atoms with van der Waals surface area (Å²) < 4.78 is 19.3. The molecule has 3 aromatic carbocycles. The molecule has 0 bridgehead atoms. The van der Waals surface area contributed by atoms with Crippen molar-refractivity contribution in [3.8, 4) is 5.75 Å². The number of hydrogen-bond acceptors (Lipinski definition) is 5. The summed E-state index contributed by atoms with van der Waals surface area (Å²) in [4.78, 5) is 17.7. The van der Waals surface area contributed by atoms with E-state index >= 15 is 0 Å². The van der Waals surface area contributed by atoms with Gasteiger partial charge in [0.25, 0.3) is 5.91 Å². The van der Waals surface area contributed by atoms with Crippen molar-refractivity contribution in [1.82, 2.24) is 4.98 Å². The second kappa shape index (κ2) is 8.20. The number of anilines is 1. The zero-order valence-corrected chi connectivity index (χ0v) is 16.3. The summed E-state index contributed by atoms with van der Waals surface area (Å²) in [5.74, 6) is 0.0675. The number of ether oxygens (including phenoxy) is 1. The van der Waals surface area contributed by atoms with Gasteiger partial charge >= 0.3 is 0 Å². The minimum absolute atomic E-state index is 0.310. The smallest absolute Gasteiger partial charge is 0.280 e. The molecular formula is C22H16FN3O2S. The van der Waals surface area contributed by atoms with Crippen molar-refractivity contribution in [1.29, 1.82) is 0 Å². The summed E-state index contributed by atoms with van der Waals surface area (Å²) in [6, 6.07) is 20.2. The van der Waals surface area contributed by atoms with Gasteiger partial charge in [0.2, 0.25) is 5.13 Å². The van der Waals surface area contributed by atoms with Crippen LogP contribution in [0.15, 0.2) is 77.9 Å². The van der Waals surface area contributed by atoms with Crippen LogP contribution >= 0.6 is 11.3 Å². The Morgan fingerprint density at radius 1 is 1.10 bits per heavy atom. The van der Waals surface area contributed by atoms with Crippen LogP contribution < -0.4 is 9.75 Å². The van der Waals surface area contributed by atoms with Gasteiger partial charge in [-0.05, 0) is 48.0 Å². The predicted molar refractivity (Wildman–Crippen MR) is 113 cm³/mol. The largest absolute Gasteiger partial charge is 0.497 e. The number of hydrogen-bond donors (Lipinski definition) is 0. The van der Waals surface area contributed by atoms with E-state index in [9.17, 15) is 9.18 Å². The zero-order chi connectivity index (χ0) is 20.2. The summed E-state index contributed by atoms with van der Waals surface area (Å²) in [5, 5.41) is 6.05. The second-order valence-corrected chi connectivity index (χ2v) is 7.12. The third-order valence-electron chi connectivity index (χ3n) is 4.17. The lowest BCUT2D eigenvalue weighted by Gasteiger charge is -2.13. The molecule has 144 valence electrons. The van der Waals surface area contributed by atoms with Crippen LogP contribution in [0.1, 0.15) is 15.9 Å². The Balaban J connectivity index is 1.75. The second-order valence-electron chi connectivity index (χ2n) is 6.11. The lowest BCUT2D eigenvalue weighted by molar-refractivity contribution is 0.0988. The maximum atomic E-state index is 13.2. The lowest BCUT2D eigenvalue weighted by atomic mass is 10.2. The first kappa shape index (κ1) is 18.8. The molecule has 5 nitrogen and oxygen atoms in total. The monoisotopic (exact) mass is 405 g/mol. The summed E-state index contributed by atoms with van der Waals surface area (Å²) in [6.45, 7) is 0. The van der Waals surface area contributed by atoms with Crippen LogP contribution in [0.2, 0.25) is 0 Å². The van der Waals surface area contributed by atoms with Gasteiger partial charge in [-0.15, -0.1) is 0 Å². The van der Waals surface area contributed by atoms with Gasteiger partial charge in [-0.1, -0.05) is 41.7 Å². The summed E-state index contributed by atoms with van der Waals surface area (Å²) in [5.41, 5.74) is 1.90. The van der Waals surface area contributed by atoms with Gasteiger partial charge in [0, 0.05) is 5.56 Å². The van der Waals surface area contributed by atoms with Crippen molar-refractivity contribution in [2.75, 3.05) is 12.1 Å². The molecule has 0 N–H and O–H groups in total. The molecule has 0 saturated carbocycles. The molecule has 0 radical (unpaired) electrons. The predicted octanol–water partition coefficient (Wildman–Crippen LogP) is 5.12. The molecule has 0 atom stereocenters. The van der Waals surface area contributed by atoms with E-state index in [2.05, 4.69) is 10.1 Å². The first-order valence-corrected chi connectivity index (χ1v) is 9.59. The number of hydrazone groups is 1. The zero-order valence-electron chi connectivity index (χ0n) is 15.4. The molecule has 0 unspecified atom stereocenters. The molecule has 0 aliphatic carbocycles. The van der Waals surface area contributed by atoms with E-state index in [-0.39, 0.29) is 11.7 Å². The summed E-state index contributed by atoms with van der Waals surface area (Å²) >= 11 is 1.34. The van der Waals surface area contributed by atoms with E-state index in [0.717, 1.165) is 10.2 Å². The van der Waals surface area contributed by atoms with Gasteiger partial charge in [-0.2, -0.15) is 10.1 Å². The highest BCUT2D eigenvalue weighted by molar-refractivity contribution is 7.22. The van der Waals surface area contributed by atoms with Gasteiger partial charge in [-0.25, -0.2) is 9.37 Å². The van der Waals surface area contributed by atoms with Crippen LogP contribution in [-0.4, -0.2) is 24.2 Å². The fraction of sp³-hybridized carbons (Fsp3) is 0.0455. The number of halogens is 1. The first-order valence-electron chi connectivity index (χ1n) is 8.78. The van der Waals surface area contributed by atoms with E-state index in [1.165, 1.54) is 34.7 Å². The molecule has 7 heteroatoms. The number of aromatic nitrogens is 1. The van der Waals surface area contributed by atoms with E-state index in [1.54, 1.807) is 43.5 Å². The molecule has 0 aliphatic rings. The number of rotatable bonds is 5. The van der Waals surface area contributed by atoms with Crippen molar-refractivity contribution < 1.29 is 13.9 Å². The topological polar surface area (TPSA) is 54.8 Å². The van der Waals surface area contributed by atoms with Crippen LogP contribution in [0, 0.1) is 5.82 Å². The quantitative estimate of drug-likeness (QED) is 0.342. The molecule has 1 aromatic heterocycles. The number of methoxy groups -OCH3 is 1. The van der Waals surface area contributed by atoms with Crippen LogP contribution in [0.5, 0.6) is 5.75 Å². The third-order valence-corrected chi connectivity index (χ3v) is 5.16. The number of thiazole rings is 1. The van der Waals surface area contributed by atoms with Gasteiger partial charge < -0.3 is 4.74 Å². The minimum Gasteiger partial charge on any atom is -0.497 e. The molecule has 4 aromatic rings. The highest BCUT2D eigenvalue weighted by Crippen LogP contribution is 2.32. The average Bonchev–Trinajstić information content (AvgIpc) is 3.18. The molecular weight excluding hydrogens is 389 g/mol. The van der Waals surface area contributed by atoms with Crippen molar-refractivity contribution in [3.05, 3.63) is 89.7 Å². The van der Waals surface area contributed by atoms with Crippen molar-refractivity contribution >= 4 is 38.8 Å². The van der Waals surface area contributed by atoms with Crippen molar-refractivity contribution in [2.45, 2.75) is 0 Å². The minimum atomic E-state index is -0.334. The van der Waals surface area contributed by atoms with Gasteiger partial charge in [0.05, 0.1) is 23.5 Å². The lowest BCUT2D eigenvalue weighted by Crippen LogP contribution is -2.25. The molecule has 0 spiro atoms. The van der Waals surface area contributed by atoms with Crippen LogP contribution in [0.25, 0.3) is 10.2 Å². The number of amides is 1. The Morgan fingerprint density at radius 2 is 1.86 bits per heavy atom. The van der Waals surface area contributed by atoms with Crippen LogP contribution in [-0.2, 0) is 0 Å². The Labute approximate surface area is 170 Å². The van der Waals surface area contributed by atoms with Crippen molar-refractivity contribution in [2.24, 2.45) is 5.10 Å². The third kappa shape index (κ3) is 4.14. The molecule has 29 heavy (non-hydrogen) atoms. The van der Waals surface area contributed by atoms with E-state index < -0.39 is 0 Å². The fourth-order valence-electron chi connectivity index (χ4n) is 2.68. The van der Waals surface area contributed by atoms with E-state index in [1.807, 2.05) is 24.3 Å². The molecule has 1 heterocycles. The number of nitrogens with zero attached hydrogens (tertiary/aromatic N) is 3. The van der Waals surface area contributed by atoms with Crippen LogP contribution in [0.3, 0.4) is 0 Å². The number of fused-ring (bicyclic) bond motifs is 1.